The van der Waals surface area contributed by atoms with Gasteiger partial charge in [0.1, 0.15) is 11.6 Å². The van der Waals surface area contributed by atoms with Crippen LogP contribution in [0.1, 0.15) is 6.42 Å². The first kappa shape index (κ1) is 20.3. The molecule has 2 aliphatic rings. The zero-order valence-electron chi connectivity index (χ0n) is 14.9. The van der Waals surface area contributed by atoms with Crippen molar-refractivity contribution in [1.82, 2.24) is 9.80 Å². The third-order valence-electron chi connectivity index (χ3n) is 5.01. The van der Waals surface area contributed by atoms with E-state index in [1.165, 1.54) is 18.2 Å². The quantitative estimate of drug-likeness (QED) is 0.763. The highest BCUT2D eigenvalue weighted by Gasteiger charge is 2.37. The van der Waals surface area contributed by atoms with Crippen LogP contribution in [0.15, 0.2) is 18.2 Å². The second kappa shape index (κ2) is 9.16. The molecule has 0 aromatic heterocycles. The monoisotopic (exact) mass is 402 g/mol. The Kier molecular flexibility index (Phi) is 6.88. The number of rotatable bonds is 4. The van der Waals surface area contributed by atoms with Gasteiger partial charge in [-0.3, -0.25) is 9.69 Å². The van der Waals surface area contributed by atoms with Gasteiger partial charge in [-0.15, -0.1) is 0 Å². The van der Waals surface area contributed by atoms with Crippen molar-refractivity contribution in [2.24, 2.45) is 0 Å². The van der Waals surface area contributed by atoms with E-state index in [-0.39, 0.29) is 30.0 Å². The number of hydrogen-bond acceptors (Lipinski definition) is 6. The van der Waals surface area contributed by atoms with Gasteiger partial charge in [0.2, 0.25) is 0 Å². The fourth-order valence-corrected chi connectivity index (χ4v) is 3.58. The molecule has 27 heavy (non-hydrogen) atoms. The molecule has 2 saturated heterocycles. The second-order valence-electron chi connectivity index (χ2n) is 6.77. The maximum absolute atomic E-state index is 13.2. The molecule has 2 N–H and O–H groups in total. The Bertz CT molecular complexity index is 659. The van der Waals surface area contributed by atoms with Gasteiger partial charge in [0.15, 0.2) is 6.61 Å². The highest BCUT2D eigenvalue weighted by molar-refractivity contribution is 6.30. The van der Waals surface area contributed by atoms with E-state index in [1.807, 2.05) is 4.90 Å². The molecule has 0 bridgehead atoms. The van der Waals surface area contributed by atoms with Crippen LogP contribution in [-0.4, -0.2) is 90.2 Å². The summed E-state index contributed by atoms with van der Waals surface area (Å²) in [5.41, 5.74) is 0. The number of carbonyl (C=O) groups excluding carboxylic acids is 1. The van der Waals surface area contributed by atoms with Crippen LogP contribution in [0.4, 0.5) is 4.39 Å². The van der Waals surface area contributed by atoms with Crippen molar-refractivity contribution in [1.29, 1.82) is 0 Å². The fourth-order valence-electron chi connectivity index (χ4n) is 3.41. The predicted octanol–water partition coefficient (Wildman–Crippen LogP) is 0.513. The molecule has 0 spiro atoms. The van der Waals surface area contributed by atoms with Crippen LogP contribution < -0.4 is 4.74 Å². The van der Waals surface area contributed by atoms with Crippen LogP contribution >= 0.6 is 11.6 Å². The van der Waals surface area contributed by atoms with Crippen molar-refractivity contribution >= 4 is 17.5 Å². The fraction of sp³-hybridized carbons (Fsp3) is 0.611. The molecule has 2 heterocycles. The molecule has 0 unspecified atom stereocenters. The molecule has 9 heteroatoms. The summed E-state index contributed by atoms with van der Waals surface area (Å²) >= 11 is 5.71. The van der Waals surface area contributed by atoms with Crippen LogP contribution in [0.3, 0.4) is 0 Å². The van der Waals surface area contributed by atoms with Crippen LogP contribution in [0, 0.1) is 5.82 Å². The third kappa shape index (κ3) is 5.08. The largest absolute Gasteiger partial charge is 0.484 e. The number of carbonyl (C=O) groups is 1. The average molecular weight is 403 g/mol. The molecule has 0 aliphatic carbocycles. The number of nitrogens with zero attached hydrogens (tertiary/aromatic N) is 2. The van der Waals surface area contributed by atoms with Crippen molar-refractivity contribution in [3.8, 4) is 5.75 Å². The summed E-state index contributed by atoms with van der Waals surface area (Å²) in [4.78, 5) is 16.2. The summed E-state index contributed by atoms with van der Waals surface area (Å²) in [5.74, 6) is -0.524. The van der Waals surface area contributed by atoms with Gasteiger partial charge < -0.3 is 24.6 Å². The van der Waals surface area contributed by atoms with Crippen molar-refractivity contribution in [2.75, 3.05) is 46.0 Å². The van der Waals surface area contributed by atoms with Gasteiger partial charge in [-0.05, 0) is 18.6 Å². The van der Waals surface area contributed by atoms with Gasteiger partial charge in [0, 0.05) is 32.2 Å². The Hall–Kier alpha value is -1.45. The molecule has 7 nitrogen and oxygen atoms in total. The lowest BCUT2D eigenvalue weighted by atomic mass is 10.0. The summed E-state index contributed by atoms with van der Waals surface area (Å²) in [6.45, 7) is 2.78. The van der Waals surface area contributed by atoms with E-state index in [2.05, 4.69) is 0 Å². The summed E-state index contributed by atoms with van der Waals surface area (Å²) in [6.07, 6.45) is -1.54. The van der Waals surface area contributed by atoms with Gasteiger partial charge >= 0.3 is 0 Å². The summed E-state index contributed by atoms with van der Waals surface area (Å²) in [5, 5.41) is 20.6. The van der Waals surface area contributed by atoms with Crippen molar-refractivity contribution in [3.05, 3.63) is 29.0 Å². The Morgan fingerprint density at radius 1 is 1.30 bits per heavy atom. The molecule has 1 aromatic carbocycles. The van der Waals surface area contributed by atoms with Crippen LogP contribution in [0.5, 0.6) is 5.75 Å². The minimum Gasteiger partial charge on any atom is -0.484 e. The second-order valence-corrected chi connectivity index (χ2v) is 7.17. The third-order valence-corrected chi connectivity index (χ3v) is 5.30. The summed E-state index contributed by atoms with van der Waals surface area (Å²) < 4.78 is 24.0. The van der Waals surface area contributed by atoms with Gasteiger partial charge in [0.25, 0.3) is 5.91 Å². The summed E-state index contributed by atoms with van der Waals surface area (Å²) in [7, 11) is 0. The number of morpholine rings is 1. The zero-order valence-corrected chi connectivity index (χ0v) is 15.6. The number of likely N-dealkylation sites (tertiary alicyclic amines) is 1. The maximum atomic E-state index is 13.2. The molecular formula is C18H24ClFN2O5. The van der Waals surface area contributed by atoms with E-state index in [4.69, 9.17) is 21.1 Å². The molecule has 2 aliphatic heterocycles. The van der Waals surface area contributed by atoms with E-state index < -0.39 is 18.0 Å². The first-order chi connectivity index (χ1) is 13.0. The molecule has 1 aromatic rings. The first-order valence-corrected chi connectivity index (χ1v) is 9.37. The minimum atomic E-state index is -0.933. The van der Waals surface area contributed by atoms with Gasteiger partial charge in [-0.1, -0.05) is 11.6 Å². The molecule has 1 amide bonds. The van der Waals surface area contributed by atoms with Crippen LogP contribution in [-0.2, 0) is 9.53 Å². The highest BCUT2D eigenvalue weighted by Crippen LogP contribution is 2.22. The number of aliphatic hydroxyl groups is 2. The van der Waals surface area contributed by atoms with Crippen LogP contribution in [0.25, 0.3) is 0 Å². The molecule has 2 fully saturated rings. The first-order valence-electron chi connectivity index (χ1n) is 8.99. The minimum absolute atomic E-state index is 0.0756. The SMILES string of the molecule is O=C(COc1ccc(F)c(Cl)c1)N1CC[C@@H](O)[C@@H](O)[C@H](N2CCOCC2)C1. The topological polar surface area (TPSA) is 82.5 Å². The molecule has 3 rings (SSSR count). The van der Waals surface area contributed by atoms with Gasteiger partial charge in [-0.2, -0.15) is 0 Å². The van der Waals surface area contributed by atoms with E-state index in [0.717, 1.165) is 0 Å². The van der Waals surface area contributed by atoms with E-state index >= 15 is 0 Å². The van der Waals surface area contributed by atoms with Crippen molar-refractivity contribution < 1.29 is 28.9 Å². The Morgan fingerprint density at radius 3 is 2.74 bits per heavy atom. The zero-order chi connectivity index (χ0) is 19.4. The van der Waals surface area contributed by atoms with Crippen LogP contribution in [0.2, 0.25) is 5.02 Å². The normalized spacial score (nSPS) is 27.3. The molecule has 0 radical (unpaired) electrons. The van der Waals surface area contributed by atoms with E-state index in [9.17, 15) is 19.4 Å². The number of hydrogen-bond donors (Lipinski definition) is 2. The predicted molar refractivity (Wildman–Crippen MR) is 96.3 cm³/mol. The Morgan fingerprint density at radius 2 is 2.04 bits per heavy atom. The lowest BCUT2D eigenvalue weighted by Crippen LogP contribution is -2.55. The Balaban J connectivity index is 1.63. The molecule has 3 atom stereocenters. The Labute approximate surface area is 162 Å². The molecule has 0 saturated carbocycles. The molecular weight excluding hydrogens is 379 g/mol. The maximum Gasteiger partial charge on any atom is 0.260 e. The number of halogens is 2. The highest BCUT2D eigenvalue weighted by atomic mass is 35.5. The van der Waals surface area contributed by atoms with Gasteiger partial charge in [-0.25, -0.2) is 4.39 Å². The number of amides is 1. The van der Waals surface area contributed by atoms with Gasteiger partial charge in [0.05, 0.1) is 36.5 Å². The number of aliphatic hydroxyl groups excluding tert-OH is 2. The lowest BCUT2D eigenvalue weighted by Gasteiger charge is -2.38. The average Bonchev–Trinajstić information content (AvgIpc) is 2.83. The van der Waals surface area contributed by atoms with Crippen molar-refractivity contribution in [3.63, 3.8) is 0 Å². The van der Waals surface area contributed by atoms with E-state index in [1.54, 1.807) is 4.90 Å². The number of ether oxygens (including phenoxy) is 2. The lowest BCUT2D eigenvalue weighted by molar-refractivity contribution is -0.134. The number of benzene rings is 1. The summed E-state index contributed by atoms with van der Waals surface area (Å²) in [6, 6.07) is 3.53. The smallest absolute Gasteiger partial charge is 0.260 e. The standard InChI is InChI=1S/C18H24ClFN2O5/c19-13-9-12(1-2-14(13)20)27-11-17(24)22-4-3-16(23)18(25)15(10-22)21-5-7-26-8-6-21/h1-2,9,15-16,18,23,25H,3-8,10-11H2/t15-,16-,18+/m1/s1. The molecule has 150 valence electrons. The van der Waals surface area contributed by atoms with E-state index in [0.29, 0.717) is 45.1 Å². The van der Waals surface area contributed by atoms with Crippen molar-refractivity contribution in [2.45, 2.75) is 24.7 Å².